The van der Waals surface area contributed by atoms with Crippen molar-refractivity contribution in [3.8, 4) is 0 Å². The summed E-state index contributed by atoms with van der Waals surface area (Å²) in [6.45, 7) is 1.23. The summed E-state index contributed by atoms with van der Waals surface area (Å²) in [6.07, 6.45) is 1.38. The summed E-state index contributed by atoms with van der Waals surface area (Å²) in [5.74, 6) is 0. The molecule has 0 unspecified atom stereocenters. The Kier molecular flexibility index (Phi) is 2.73. The first-order valence-electron chi connectivity index (χ1n) is 3.03. The summed E-state index contributed by atoms with van der Waals surface area (Å²) >= 11 is 4.59. The zero-order valence-electron chi connectivity index (χ0n) is 5.77. The molecule has 0 atom stereocenters. The smallest absolute Gasteiger partial charge is 0.163 e. The number of nitrogens with one attached hydrogen (secondary N) is 1. The lowest BCUT2D eigenvalue weighted by Crippen LogP contribution is -2.32. The van der Waals surface area contributed by atoms with Gasteiger partial charge in [0.15, 0.2) is 11.4 Å². The van der Waals surface area contributed by atoms with E-state index in [2.05, 4.69) is 32.9 Å². The van der Waals surface area contributed by atoms with Crippen LogP contribution in [0.15, 0.2) is 6.33 Å². The molecule has 0 aromatic carbocycles. The first-order chi connectivity index (χ1) is 5.29. The molecular weight excluding hydrogens is 164 g/mol. The van der Waals surface area contributed by atoms with Gasteiger partial charge in [0.05, 0.1) is 6.54 Å². The maximum absolute atomic E-state index is 5.19. The summed E-state index contributed by atoms with van der Waals surface area (Å²) < 4.78 is 0. The van der Waals surface area contributed by atoms with Crippen LogP contribution in [0.3, 0.4) is 0 Å². The molecule has 7 heteroatoms. The second-order valence-electron chi connectivity index (χ2n) is 1.82. The van der Waals surface area contributed by atoms with Gasteiger partial charge in [-0.3, -0.25) is 0 Å². The fourth-order valence-corrected chi connectivity index (χ4v) is 0.672. The van der Waals surface area contributed by atoms with Crippen LogP contribution in [0.4, 0.5) is 0 Å². The van der Waals surface area contributed by atoms with Gasteiger partial charge in [-0.05, 0) is 17.4 Å². The third kappa shape index (κ3) is 2.89. The third-order valence-electron chi connectivity index (χ3n) is 1.00. The number of nitrogens with zero attached hydrogens (tertiary/aromatic N) is 4. The van der Waals surface area contributed by atoms with Crippen molar-refractivity contribution in [1.82, 2.24) is 25.5 Å². The van der Waals surface area contributed by atoms with Crippen molar-refractivity contribution in [2.75, 3.05) is 6.54 Å². The first-order valence-corrected chi connectivity index (χ1v) is 3.44. The molecule has 11 heavy (non-hydrogen) atoms. The highest BCUT2D eigenvalue weighted by Crippen LogP contribution is 1.71. The van der Waals surface area contributed by atoms with E-state index in [1.165, 1.54) is 11.1 Å². The molecule has 0 radical (unpaired) electrons. The fourth-order valence-electron chi connectivity index (χ4n) is 0.570. The van der Waals surface area contributed by atoms with Crippen molar-refractivity contribution in [1.29, 1.82) is 0 Å². The zero-order valence-corrected chi connectivity index (χ0v) is 6.58. The predicted octanol–water partition coefficient (Wildman–Crippen LogP) is -1.49. The van der Waals surface area contributed by atoms with Gasteiger partial charge in [0, 0.05) is 6.54 Å². The Hall–Kier alpha value is -1.24. The van der Waals surface area contributed by atoms with E-state index in [4.69, 9.17) is 5.73 Å². The highest BCUT2D eigenvalue weighted by Gasteiger charge is 1.91. The van der Waals surface area contributed by atoms with Crippen LogP contribution in [0.2, 0.25) is 0 Å². The van der Waals surface area contributed by atoms with Gasteiger partial charge in [0.2, 0.25) is 0 Å². The topological polar surface area (TPSA) is 81.6 Å². The van der Waals surface area contributed by atoms with Gasteiger partial charge >= 0.3 is 0 Å². The molecule has 0 amide bonds. The van der Waals surface area contributed by atoms with Crippen LogP contribution in [0.5, 0.6) is 0 Å². The van der Waals surface area contributed by atoms with Gasteiger partial charge in [-0.1, -0.05) is 0 Å². The predicted molar refractivity (Wildman–Crippen MR) is 42.6 cm³/mol. The van der Waals surface area contributed by atoms with E-state index in [0.717, 1.165) is 0 Å². The van der Waals surface area contributed by atoms with Gasteiger partial charge in [0.1, 0.15) is 0 Å². The van der Waals surface area contributed by atoms with Crippen LogP contribution in [-0.4, -0.2) is 31.9 Å². The van der Waals surface area contributed by atoms with E-state index in [9.17, 15) is 0 Å². The van der Waals surface area contributed by atoms with Crippen LogP contribution < -0.4 is 11.1 Å². The van der Waals surface area contributed by atoms with E-state index in [1.807, 2.05) is 0 Å². The molecule has 6 nitrogen and oxygen atoms in total. The second-order valence-corrected chi connectivity index (χ2v) is 2.26. The highest BCUT2D eigenvalue weighted by molar-refractivity contribution is 7.80. The molecule has 1 heterocycles. The number of hydrogen-bond acceptors (Lipinski definition) is 4. The van der Waals surface area contributed by atoms with Gasteiger partial charge < -0.3 is 11.1 Å². The van der Waals surface area contributed by atoms with Crippen LogP contribution >= 0.6 is 12.2 Å². The number of aromatic nitrogens is 4. The molecule has 1 aromatic heterocycles. The van der Waals surface area contributed by atoms with Crippen LogP contribution in [0.1, 0.15) is 0 Å². The third-order valence-corrected chi connectivity index (χ3v) is 1.15. The van der Waals surface area contributed by atoms with Gasteiger partial charge in [0.25, 0.3) is 0 Å². The summed E-state index contributed by atoms with van der Waals surface area (Å²) in [4.78, 5) is 1.45. The lowest BCUT2D eigenvalue weighted by atomic mass is 10.6. The first kappa shape index (κ1) is 7.86. The molecule has 1 aromatic rings. The number of thiocarbonyl (C=S) groups is 1. The Morgan fingerprint density at radius 1 is 1.73 bits per heavy atom. The minimum Gasteiger partial charge on any atom is -0.376 e. The molecule has 0 aliphatic rings. The summed E-state index contributed by atoms with van der Waals surface area (Å²) in [7, 11) is 0. The van der Waals surface area contributed by atoms with Crippen molar-refractivity contribution in [2.24, 2.45) is 5.73 Å². The zero-order chi connectivity index (χ0) is 8.10. The van der Waals surface area contributed by atoms with E-state index in [-0.39, 0.29) is 5.11 Å². The molecule has 0 aliphatic carbocycles. The SMILES string of the molecule is NC(=S)NCCn1ncnn1. The molecule has 1 rings (SSSR count). The van der Waals surface area contributed by atoms with E-state index >= 15 is 0 Å². The standard InChI is InChI=1S/C4H8N6S/c5-4(11)6-1-2-10-8-3-7-9-10/h3H,1-2H2,(H3,5,6,11). The normalized spacial score (nSPS) is 9.45. The van der Waals surface area contributed by atoms with Crippen molar-refractivity contribution < 1.29 is 0 Å². The molecule has 0 aliphatic heterocycles. The molecule has 0 bridgehead atoms. The Morgan fingerprint density at radius 3 is 3.09 bits per heavy atom. The summed E-state index contributed by atoms with van der Waals surface area (Å²) in [5, 5.41) is 14.0. The molecular formula is C4H8N6S. The molecule has 0 saturated carbocycles. The quantitative estimate of drug-likeness (QED) is 0.540. The van der Waals surface area contributed by atoms with Crippen LogP contribution in [0, 0.1) is 0 Å². The Bertz CT molecular complexity index is 218. The Balaban J connectivity index is 2.19. The van der Waals surface area contributed by atoms with E-state index < -0.39 is 0 Å². The number of hydrogen-bond donors (Lipinski definition) is 2. The van der Waals surface area contributed by atoms with Crippen molar-refractivity contribution in [2.45, 2.75) is 6.54 Å². The van der Waals surface area contributed by atoms with Gasteiger partial charge in [-0.15, -0.1) is 10.2 Å². The fraction of sp³-hybridized carbons (Fsp3) is 0.500. The maximum Gasteiger partial charge on any atom is 0.163 e. The van der Waals surface area contributed by atoms with Gasteiger partial charge in [-0.2, -0.15) is 4.80 Å². The second kappa shape index (κ2) is 3.81. The molecule has 0 saturated heterocycles. The number of rotatable bonds is 3. The number of tetrazole rings is 1. The molecule has 60 valence electrons. The average Bonchev–Trinajstić information content (AvgIpc) is 2.39. The van der Waals surface area contributed by atoms with Crippen LogP contribution in [0.25, 0.3) is 0 Å². The summed E-state index contributed by atoms with van der Waals surface area (Å²) in [5.41, 5.74) is 5.19. The van der Waals surface area contributed by atoms with Crippen LogP contribution in [-0.2, 0) is 6.54 Å². The van der Waals surface area contributed by atoms with Crippen molar-refractivity contribution in [3.05, 3.63) is 6.33 Å². The van der Waals surface area contributed by atoms with Gasteiger partial charge in [-0.25, -0.2) is 0 Å². The van der Waals surface area contributed by atoms with Crippen molar-refractivity contribution in [3.63, 3.8) is 0 Å². The highest BCUT2D eigenvalue weighted by atomic mass is 32.1. The number of nitrogens with two attached hydrogens (primary N) is 1. The minimum absolute atomic E-state index is 0.283. The van der Waals surface area contributed by atoms with Crippen molar-refractivity contribution >= 4 is 17.3 Å². The lowest BCUT2D eigenvalue weighted by Gasteiger charge is -2.00. The molecule has 3 N–H and O–H groups in total. The Labute approximate surface area is 68.8 Å². The largest absolute Gasteiger partial charge is 0.376 e. The minimum atomic E-state index is 0.283. The maximum atomic E-state index is 5.19. The van der Waals surface area contributed by atoms with E-state index in [1.54, 1.807) is 0 Å². The van der Waals surface area contributed by atoms with E-state index in [0.29, 0.717) is 13.1 Å². The monoisotopic (exact) mass is 172 g/mol. The average molecular weight is 172 g/mol. The molecule has 0 spiro atoms. The summed E-state index contributed by atoms with van der Waals surface area (Å²) in [6, 6.07) is 0. The molecule has 0 fully saturated rings. The Morgan fingerprint density at radius 2 is 2.55 bits per heavy atom. The lowest BCUT2D eigenvalue weighted by molar-refractivity contribution is 0.518.